The fourth-order valence-corrected chi connectivity index (χ4v) is 2.44. The quantitative estimate of drug-likeness (QED) is 0.897. The molecule has 2 atom stereocenters. The lowest BCUT2D eigenvalue weighted by atomic mass is 9.97. The lowest BCUT2D eigenvalue weighted by Crippen LogP contribution is -2.18. The third-order valence-electron chi connectivity index (χ3n) is 3.41. The largest absolute Gasteiger partial charge is 0.496 e. The summed E-state index contributed by atoms with van der Waals surface area (Å²) in [5.41, 5.74) is -0.510. The Bertz CT molecular complexity index is 516. The average Bonchev–Trinajstić information content (AvgIpc) is 2.86. The number of hydrogen-bond donors (Lipinski definition) is 2. The van der Waals surface area contributed by atoms with E-state index in [1.807, 2.05) is 0 Å². The normalized spacial score (nSPS) is 22.8. The lowest BCUT2D eigenvalue weighted by Gasteiger charge is -2.19. The van der Waals surface area contributed by atoms with Crippen LogP contribution in [0.2, 0.25) is 0 Å². The maximum absolute atomic E-state index is 12.9. The predicted molar refractivity (Wildman–Crippen MR) is 64.5 cm³/mol. The average molecular weight is 289 g/mol. The molecule has 4 nitrogen and oxygen atoms in total. The van der Waals surface area contributed by atoms with Crippen LogP contribution in [-0.4, -0.2) is 24.7 Å². The number of carboxylic acid groups (broad SMARTS) is 1. The number of halogens is 3. The summed E-state index contributed by atoms with van der Waals surface area (Å²) in [5.74, 6) is -1.80. The summed E-state index contributed by atoms with van der Waals surface area (Å²) < 4.78 is 43.6. The fourth-order valence-electron chi connectivity index (χ4n) is 2.44. The van der Waals surface area contributed by atoms with E-state index in [4.69, 9.17) is 9.84 Å². The molecule has 1 aromatic rings. The van der Waals surface area contributed by atoms with Crippen LogP contribution in [0.4, 0.5) is 13.2 Å². The van der Waals surface area contributed by atoms with Gasteiger partial charge in [-0.05, 0) is 12.5 Å². The molecule has 2 rings (SSSR count). The summed E-state index contributed by atoms with van der Waals surface area (Å²) in [6.45, 7) is 0.236. The van der Waals surface area contributed by atoms with E-state index in [1.165, 1.54) is 19.2 Å². The van der Waals surface area contributed by atoms with Crippen LogP contribution in [0.15, 0.2) is 18.2 Å². The first-order valence-electron chi connectivity index (χ1n) is 6.05. The van der Waals surface area contributed by atoms with E-state index < -0.39 is 29.7 Å². The molecule has 0 saturated carbocycles. The van der Waals surface area contributed by atoms with Gasteiger partial charge in [-0.1, -0.05) is 12.1 Å². The second kappa shape index (κ2) is 5.32. The zero-order valence-corrected chi connectivity index (χ0v) is 10.7. The molecule has 0 aromatic heterocycles. The van der Waals surface area contributed by atoms with Crippen LogP contribution in [0.5, 0.6) is 5.75 Å². The molecule has 1 saturated heterocycles. The molecule has 110 valence electrons. The van der Waals surface area contributed by atoms with Gasteiger partial charge in [-0.15, -0.1) is 0 Å². The van der Waals surface area contributed by atoms with Crippen LogP contribution in [-0.2, 0) is 11.0 Å². The Balaban J connectivity index is 2.36. The Labute approximate surface area is 113 Å². The molecule has 0 radical (unpaired) electrons. The smallest absolute Gasteiger partial charge is 0.419 e. The summed E-state index contributed by atoms with van der Waals surface area (Å²) in [5, 5.41) is 11.9. The topological polar surface area (TPSA) is 58.6 Å². The van der Waals surface area contributed by atoms with Crippen molar-refractivity contribution < 1.29 is 27.8 Å². The first-order valence-corrected chi connectivity index (χ1v) is 6.05. The van der Waals surface area contributed by atoms with Gasteiger partial charge in [0, 0.05) is 18.2 Å². The SMILES string of the molecule is COc1c(C2CC(C(=O)O)CN2)cccc1C(F)(F)F. The van der Waals surface area contributed by atoms with Crippen molar-refractivity contribution >= 4 is 5.97 Å². The third-order valence-corrected chi connectivity index (χ3v) is 3.41. The number of aliphatic carboxylic acids is 1. The van der Waals surface area contributed by atoms with Gasteiger partial charge in [0.15, 0.2) is 0 Å². The highest BCUT2D eigenvalue weighted by molar-refractivity contribution is 5.71. The van der Waals surface area contributed by atoms with Gasteiger partial charge in [-0.3, -0.25) is 4.79 Å². The Morgan fingerprint density at radius 3 is 2.65 bits per heavy atom. The number of nitrogens with one attached hydrogen (secondary N) is 1. The predicted octanol–water partition coefficient (Wildman–Crippen LogP) is 2.45. The van der Waals surface area contributed by atoms with Crippen LogP contribution < -0.4 is 10.1 Å². The highest BCUT2D eigenvalue weighted by atomic mass is 19.4. The maximum atomic E-state index is 12.9. The fraction of sp³-hybridized carbons (Fsp3) is 0.462. The van der Waals surface area contributed by atoms with Gasteiger partial charge >= 0.3 is 12.1 Å². The molecule has 7 heteroatoms. The molecule has 0 bridgehead atoms. The number of hydrogen-bond acceptors (Lipinski definition) is 3. The number of carboxylic acids is 1. The van der Waals surface area contributed by atoms with E-state index in [0.717, 1.165) is 6.07 Å². The zero-order chi connectivity index (χ0) is 14.9. The molecular weight excluding hydrogens is 275 g/mol. The van der Waals surface area contributed by atoms with Gasteiger partial charge in [0.2, 0.25) is 0 Å². The first kappa shape index (κ1) is 14.6. The Morgan fingerprint density at radius 2 is 2.15 bits per heavy atom. The monoisotopic (exact) mass is 289 g/mol. The number of ether oxygens (including phenoxy) is 1. The third kappa shape index (κ3) is 2.72. The van der Waals surface area contributed by atoms with Gasteiger partial charge in [0.1, 0.15) is 5.75 Å². The van der Waals surface area contributed by atoms with Crippen molar-refractivity contribution in [2.75, 3.05) is 13.7 Å². The minimum Gasteiger partial charge on any atom is -0.496 e. The molecule has 1 aliphatic rings. The van der Waals surface area contributed by atoms with Crippen molar-refractivity contribution in [2.24, 2.45) is 5.92 Å². The molecule has 2 unspecified atom stereocenters. The maximum Gasteiger partial charge on any atom is 0.419 e. The van der Waals surface area contributed by atoms with Crippen molar-refractivity contribution in [3.8, 4) is 5.75 Å². The second-order valence-electron chi connectivity index (χ2n) is 4.66. The Morgan fingerprint density at radius 1 is 1.45 bits per heavy atom. The summed E-state index contributed by atoms with van der Waals surface area (Å²) in [4.78, 5) is 10.9. The van der Waals surface area contributed by atoms with Crippen molar-refractivity contribution in [1.82, 2.24) is 5.32 Å². The van der Waals surface area contributed by atoms with Crippen molar-refractivity contribution in [3.63, 3.8) is 0 Å². The molecule has 2 N–H and O–H groups in total. The number of alkyl halides is 3. The molecule has 1 heterocycles. The highest BCUT2D eigenvalue weighted by Crippen LogP contribution is 2.42. The van der Waals surface area contributed by atoms with Crippen LogP contribution in [0, 0.1) is 5.92 Å². The summed E-state index contributed by atoms with van der Waals surface area (Å²) in [7, 11) is 1.18. The molecule has 1 aliphatic heterocycles. The summed E-state index contributed by atoms with van der Waals surface area (Å²) in [6.07, 6.45) is -4.26. The van der Waals surface area contributed by atoms with Crippen LogP contribution in [0.1, 0.15) is 23.6 Å². The van der Waals surface area contributed by atoms with Crippen LogP contribution >= 0.6 is 0 Å². The second-order valence-corrected chi connectivity index (χ2v) is 4.66. The van der Waals surface area contributed by atoms with Gasteiger partial charge in [-0.25, -0.2) is 0 Å². The van der Waals surface area contributed by atoms with Gasteiger partial charge in [0.05, 0.1) is 18.6 Å². The summed E-state index contributed by atoms with van der Waals surface area (Å²) >= 11 is 0. The first-order chi connectivity index (χ1) is 9.34. The van der Waals surface area contributed by atoms with Gasteiger partial charge in [0.25, 0.3) is 0 Å². The molecule has 1 fully saturated rings. The molecule has 1 aromatic carbocycles. The molecule has 0 spiro atoms. The van der Waals surface area contributed by atoms with Gasteiger partial charge < -0.3 is 15.2 Å². The van der Waals surface area contributed by atoms with E-state index in [9.17, 15) is 18.0 Å². The number of rotatable bonds is 3. The van der Waals surface area contributed by atoms with Gasteiger partial charge in [-0.2, -0.15) is 13.2 Å². The van der Waals surface area contributed by atoms with E-state index in [-0.39, 0.29) is 18.7 Å². The number of benzene rings is 1. The van der Waals surface area contributed by atoms with E-state index in [2.05, 4.69) is 5.32 Å². The minimum atomic E-state index is -4.51. The standard InChI is InChI=1S/C13H14F3NO3/c1-20-11-8(3-2-4-9(11)13(14,15)16)10-5-7(6-17-10)12(18)19/h2-4,7,10,17H,5-6H2,1H3,(H,18,19). The number of carbonyl (C=O) groups is 1. The van der Waals surface area contributed by atoms with Crippen molar-refractivity contribution in [1.29, 1.82) is 0 Å². The lowest BCUT2D eigenvalue weighted by molar-refractivity contribution is -0.141. The van der Waals surface area contributed by atoms with Crippen molar-refractivity contribution in [2.45, 2.75) is 18.6 Å². The minimum absolute atomic E-state index is 0.236. The van der Waals surface area contributed by atoms with Crippen LogP contribution in [0.25, 0.3) is 0 Å². The molecule has 0 amide bonds. The number of para-hydroxylation sites is 1. The van der Waals surface area contributed by atoms with E-state index in [0.29, 0.717) is 5.56 Å². The Kier molecular flexibility index (Phi) is 3.89. The molecule has 0 aliphatic carbocycles. The molecule has 20 heavy (non-hydrogen) atoms. The van der Waals surface area contributed by atoms with E-state index in [1.54, 1.807) is 0 Å². The van der Waals surface area contributed by atoms with Crippen molar-refractivity contribution in [3.05, 3.63) is 29.3 Å². The van der Waals surface area contributed by atoms with Crippen LogP contribution in [0.3, 0.4) is 0 Å². The Hall–Kier alpha value is -1.76. The van der Waals surface area contributed by atoms with E-state index >= 15 is 0 Å². The molecular formula is C13H14F3NO3. The highest BCUT2D eigenvalue weighted by Gasteiger charge is 2.38. The summed E-state index contributed by atoms with van der Waals surface area (Å²) in [6, 6.07) is 3.33. The number of methoxy groups -OCH3 is 1. The zero-order valence-electron chi connectivity index (χ0n) is 10.7.